The zero-order valence-corrected chi connectivity index (χ0v) is 13.4. The third kappa shape index (κ3) is 3.63. The molecule has 19 heavy (non-hydrogen) atoms. The van der Waals surface area contributed by atoms with Gasteiger partial charge in [0, 0.05) is 15.4 Å². The lowest BCUT2D eigenvalue weighted by atomic mass is 10.0. The molecule has 0 radical (unpaired) electrons. The molecule has 100 valence electrons. The lowest BCUT2D eigenvalue weighted by molar-refractivity contribution is 0.571. The molecule has 0 heterocycles. The number of alkyl halides is 1. The molecule has 0 saturated carbocycles. The highest BCUT2D eigenvalue weighted by Gasteiger charge is 2.13. The van der Waals surface area contributed by atoms with Gasteiger partial charge in [0.15, 0.2) is 0 Å². The van der Waals surface area contributed by atoms with Crippen molar-refractivity contribution >= 4 is 31.9 Å². The Morgan fingerprint density at radius 3 is 2.47 bits per heavy atom. The lowest BCUT2D eigenvalue weighted by Gasteiger charge is -2.12. The van der Waals surface area contributed by atoms with Gasteiger partial charge in [-0.1, -0.05) is 50.1 Å². The van der Waals surface area contributed by atoms with Crippen LogP contribution in [0.4, 0.5) is 8.78 Å². The smallest absolute Gasteiger partial charge is 0.129 e. The highest BCUT2D eigenvalue weighted by Crippen LogP contribution is 2.30. The van der Waals surface area contributed by atoms with E-state index in [0.29, 0.717) is 12.0 Å². The molecule has 0 aliphatic carbocycles. The van der Waals surface area contributed by atoms with Gasteiger partial charge in [0.05, 0.1) is 0 Å². The van der Waals surface area contributed by atoms with Crippen molar-refractivity contribution in [1.82, 2.24) is 0 Å². The summed E-state index contributed by atoms with van der Waals surface area (Å²) in [6, 6.07) is 9.69. The molecule has 4 heteroatoms. The van der Waals surface area contributed by atoms with Gasteiger partial charge in [-0.25, -0.2) is 8.78 Å². The second-order valence-corrected chi connectivity index (χ2v) is 6.38. The molecule has 0 aliphatic heterocycles. The minimum Gasteiger partial charge on any atom is -0.207 e. The minimum absolute atomic E-state index is 0.000684. The molecular formula is C15H12Br2F2. The van der Waals surface area contributed by atoms with E-state index in [1.54, 1.807) is 0 Å². The Morgan fingerprint density at radius 1 is 1.11 bits per heavy atom. The van der Waals surface area contributed by atoms with Gasteiger partial charge >= 0.3 is 0 Å². The van der Waals surface area contributed by atoms with Crippen LogP contribution in [0.2, 0.25) is 0 Å². The van der Waals surface area contributed by atoms with E-state index in [4.69, 9.17) is 0 Å². The van der Waals surface area contributed by atoms with Crippen LogP contribution < -0.4 is 0 Å². The first-order valence-electron chi connectivity index (χ1n) is 5.81. The van der Waals surface area contributed by atoms with Gasteiger partial charge in [-0.15, -0.1) is 0 Å². The molecule has 2 rings (SSSR count). The zero-order chi connectivity index (χ0) is 14.0. The first-order chi connectivity index (χ1) is 8.97. The van der Waals surface area contributed by atoms with Gasteiger partial charge in [-0.2, -0.15) is 0 Å². The van der Waals surface area contributed by atoms with Crippen molar-refractivity contribution in [2.75, 3.05) is 0 Å². The number of hydrogen-bond acceptors (Lipinski definition) is 0. The largest absolute Gasteiger partial charge is 0.207 e. The molecule has 0 saturated heterocycles. The van der Waals surface area contributed by atoms with E-state index in [9.17, 15) is 8.78 Å². The maximum Gasteiger partial charge on any atom is 0.129 e. The maximum absolute atomic E-state index is 13.6. The molecule has 2 aromatic carbocycles. The van der Waals surface area contributed by atoms with E-state index in [2.05, 4.69) is 31.9 Å². The summed E-state index contributed by atoms with van der Waals surface area (Å²) in [5, 5.41) is 0. The summed E-state index contributed by atoms with van der Waals surface area (Å²) >= 11 is 7.01. The van der Waals surface area contributed by atoms with Crippen LogP contribution in [0.5, 0.6) is 0 Å². The van der Waals surface area contributed by atoms with E-state index in [0.717, 1.165) is 21.7 Å². The van der Waals surface area contributed by atoms with Crippen LogP contribution in [0.3, 0.4) is 0 Å². The van der Waals surface area contributed by atoms with Gasteiger partial charge in [0.2, 0.25) is 0 Å². The van der Waals surface area contributed by atoms with E-state index in [-0.39, 0.29) is 4.83 Å². The molecular weight excluding hydrogens is 378 g/mol. The van der Waals surface area contributed by atoms with Gasteiger partial charge in [0.25, 0.3) is 0 Å². The Labute approximate surface area is 128 Å². The monoisotopic (exact) mass is 388 g/mol. The summed E-state index contributed by atoms with van der Waals surface area (Å²) in [5.41, 5.74) is 2.70. The average Bonchev–Trinajstić information content (AvgIpc) is 2.36. The molecule has 0 nitrogen and oxygen atoms in total. The summed E-state index contributed by atoms with van der Waals surface area (Å²) in [6.07, 6.45) is 0.479. The van der Waals surface area contributed by atoms with Crippen LogP contribution >= 0.6 is 31.9 Å². The SMILES string of the molecule is Cc1cc(C(Br)Cc2ccc(F)cc2F)ccc1Br. The van der Waals surface area contributed by atoms with Crippen molar-refractivity contribution < 1.29 is 8.78 Å². The molecule has 0 aromatic heterocycles. The Kier molecular flexibility index (Phi) is 4.74. The summed E-state index contributed by atoms with van der Waals surface area (Å²) in [5.74, 6) is -1.05. The maximum atomic E-state index is 13.6. The highest BCUT2D eigenvalue weighted by atomic mass is 79.9. The third-order valence-electron chi connectivity index (χ3n) is 2.96. The van der Waals surface area contributed by atoms with Gasteiger partial charge in [-0.3, -0.25) is 0 Å². The van der Waals surface area contributed by atoms with Crippen molar-refractivity contribution in [2.24, 2.45) is 0 Å². The van der Waals surface area contributed by atoms with Crippen molar-refractivity contribution in [3.05, 3.63) is 69.2 Å². The first kappa shape index (κ1) is 14.7. The topological polar surface area (TPSA) is 0 Å². The fraction of sp³-hybridized carbons (Fsp3) is 0.200. The van der Waals surface area contributed by atoms with Crippen molar-refractivity contribution in [1.29, 1.82) is 0 Å². The van der Waals surface area contributed by atoms with Crippen LogP contribution in [0, 0.1) is 18.6 Å². The summed E-state index contributed by atoms with van der Waals surface area (Å²) in [6.45, 7) is 2.01. The summed E-state index contributed by atoms with van der Waals surface area (Å²) < 4.78 is 27.5. The normalized spacial score (nSPS) is 12.5. The fourth-order valence-corrected chi connectivity index (χ4v) is 2.74. The van der Waals surface area contributed by atoms with E-state index < -0.39 is 11.6 Å². The van der Waals surface area contributed by atoms with Crippen LogP contribution in [-0.4, -0.2) is 0 Å². The number of rotatable bonds is 3. The lowest BCUT2D eigenvalue weighted by Crippen LogP contribution is -1.99. The molecule has 0 bridgehead atoms. The highest BCUT2D eigenvalue weighted by molar-refractivity contribution is 9.10. The Hall–Kier alpha value is -0.740. The standard InChI is InChI=1S/C15H12Br2F2/c1-9-6-10(3-5-13(9)16)14(17)7-11-2-4-12(18)8-15(11)19/h2-6,8,14H,7H2,1H3. The second-order valence-electron chi connectivity index (χ2n) is 4.42. The van der Waals surface area contributed by atoms with Crippen molar-refractivity contribution in [3.8, 4) is 0 Å². The zero-order valence-electron chi connectivity index (χ0n) is 10.3. The van der Waals surface area contributed by atoms with Crippen LogP contribution in [0.25, 0.3) is 0 Å². The predicted octanol–water partition coefficient (Wildman–Crippen LogP) is 5.71. The molecule has 0 aliphatic rings. The minimum atomic E-state index is -0.549. The molecule has 0 fully saturated rings. The Morgan fingerprint density at radius 2 is 1.84 bits per heavy atom. The average molecular weight is 390 g/mol. The molecule has 1 unspecified atom stereocenters. The van der Waals surface area contributed by atoms with E-state index >= 15 is 0 Å². The molecule has 0 amide bonds. The quantitative estimate of drug-likeness (QED) is 0.589. The Balaban J connectivity index is 2.20. The first-order valence-corrected chi connectivity index (χ1v) is 7.52. The molecule has 0 spiro atoms. The van der Waals surface area contributed by atoms with E-state index in [1.807, 2.05) is 25.1 Å². The van der Waals surface area contributed by atoms with Gasteiger partial charge < -0.3 is 0 Å². The van der Waals surface area contributed by atoms with Crippen LogP contribution in [-0.2, 0) is 6.42 Å². The molecule has 2 aromatic rings. The number of halogens is 4. The van der Waals surface area contributed by atoms with Gasteiger partial charge in [-0.05, 0) is 42.2 Å². The Bertz CT molecular complexity index is 597. The van der Waals surface area contributed by atoms with Gasteiger partial charge in [0.1, 0.15) is 11.6 Å². The van der Waals surface area contributed by atoms with Crippen molar-refractivity contribution in [3.63, 3.8) is 0 Å². The molecule has 1 atom stereocenters. The fourth-order valence-electron chi connectivity index (χ4n) is 1.86. The van der Waals surface area contributed by atoms with Crippen LogP contribution in [0.1, 0.15) is 21.5 Å². The molecule has 0 N–H and O–H groups in total. The number of aryl methyl sites for hydroxylation is 1. The number of benzene rings is 2. The van der Waals surface area contributed by atoms with Crippen LogP contribution in [0.15, 0.2) is 40.9 Å². The second kappa shape index (κ2) is 6.14. The summed E-state index contributed by atoms with van der Waals surface area (Å²) in [7, 11) is 0. The predicted molar refractivity (Wildman–Crippen MR) is 80.6 cm³/mol. The third-order valence-corrected chi connectivity index (χ3v) is 4.70. The summed E-state index contributed by atoms with van der Waals surface area (Å²) in [4.78, 5) is -0.000684. The van der Waals surface area contributed by atoms with E-state index in [1.165, 1.54) is 12.1 Å². The number of hydrogen-bond donors (Lipinski definition) is 0. The van der Waals surface area contributed by atoms with Crippen molar-refractivity contribution in [2.45, 2.75) is 18.2 Å².